The second-order valence-corrected chi connectivity index (χ2v) is 10.2. The van der Waals surface area contributed by atoms with E-state index >= 15 is 0 Å². The van der Waals surface area contributed by atoms with Crippen LogP contribution < -0.4 is 11.5 Å². The number of esters is 1. The third-order valence-electron chi connectivity index (χ3n) is 6.46. The third kappa shape index (κ3) is 5.73. The van der Waals surface area contributed by atoms with E-state index < -0.39 is 46.7 Å². The normalized spacial score (nSPS) is 14.3. The molecule has 7 heteroatoms. The van der Waals surface area contributed by atoms with E-state index in [1.54, 1.807) is 20.8 Å². The number of aliphatic carboxylic acids is 1. The second-order valence-electron chi connectivity index (χ2n) is 10.2. The fourth-order valence-electron chi connectivity index (χ4n) is 5.00. The highest BCUT2D eigenvalue weighted by Gasteiger charge is 2.57. The first-order valence-corrected chi connectivity index (χ1v) is 12.1. The molecule has 0 aromatic heterocycles. The average molecular weight is 503 g/mol. The number of nitrogens with two attached hydrogens (primary N) is 2. The molecule has 2 atom stereocenters. The van der Waals surface area contributed by atoms with Crippen LogP contribution >= 0.6 is 0 Å². The number of ether oxygens (including phenoxy) is 1. The quantitative estimate of drug-likeness (QED) is 0.283. The van der Waals surface area contributed by atoms with Crippen LogP contribution in [0.4, 0.5) is 0 Å². The maximum absolute atomic E-state index is 13.5. The fourth-order valence-corrected chi connectivity index (χ4v) is 5.00. The van der Waals surface area contributed by atoms with Crippen LogP contribution in [0.15, 0.2) is 91.0 Å². The van der Waals surface area contributed by atoms with E-state index in [0.29, 0.717) is 16.7 Å². The van der Waals surface area contributed by atoms with Gasteiger partial charge < -0.3 is 21.3 Å². The Kier molecular flexibility index (Phi) is 8.18. The predicted molar refractivity (Wildman–Crippen MR) is 142 cm³/mol. The Balaban J connectivity index is 2.37. The molecule has 0 saturated heterocycles. The van der Waals surface area contributed by atoms with E-state index in [1.807, 2.05) is 91.0 Å². The van der Waals surface area contributed by atoms with Crippen molar-refractivity contribution in [3.63, 3.8) is 0 Å². The molecule has 0 radical (unpaired) electrons. The largest absolute Gasteiger partial charge is 0.481 e. The van der Waals surface area contributed by atoms with Crippen LogP contribution in [-0.4, -0.2) is 34.1 Å². The van der Waals surface area contributed by atoms with E-state index in [0.717, 1.165) is 0 Å². The molecule has 3 aromatic carbocycles. The molecular formula is C30H34N2O5. The van der Waals surface area contributed by atoms with Crippen molar-refractivity contribution in [2.24, 2.45) is 17.4 Å². The molecule has 7 nitrogen and oxygen atoms in total. The Morgan fingerprint density at radius 1 is 0.784 bits per heavy atom. The van der Waals surface area contributed by atoms with Crippen LogP contribution in [-0.2, 0) is 24.5 Å². The number of carboxylic acids is 1. The van der Waals surface area contributed by atoms with Crippen molar-refractivity contribution >= 4 is 17.8 Å². The summed E-state index contributed by atoms with van der Waals surface area (Å²) in [7, 11) is 0. The molecule has 37 heavy (non-hydrogen) atoms. The van der Waals surface area contributed by atoms with Gasteiger partial charge in [-0.05, 0) is 43.9 Å². The molecule has 0 bridgehead atoms. The number of carboxylic acid groups (broad SMARTS) is 1. The number of benzene rings is 3. The van der Waals surface area contributed by atoms with Gasteiger partial charge in [-0.25, -0.2) is 0 Å². The molecule has 194 valence electrons. The van der Waals surface area contributed by atoms with E-state index in [-0.39, 0.29) is 6.42 Å². The topological polar surface area (TPSA) is 133 Å². The smallest absolute Gasteiger partial charge is 0.310 e. The summed E-state index contributed by atoms with van der Waals surface area (Å²) in [6.07, 6.45) is -0.933. The van der Waals surface area contributed by atoms with Gasteiger partial charge in [-0.15, -0.1) is 0 Å². The van der Waals surface area contributed by atoms with Gasteiger partial charge in [0.05, 0.1) is 17.8 Å². The minimum atomic E-state index is -1.94. The summed E-state index contributed by atoms with van der Waals surface area (Å²) < 4.78 is 5.55. The Bertz CT molecular complexity index is 1130. The predicted octanol–water partition coefficient (Wildman–Crippen LogP) is 4.03. The molecule has 3 rings (SSSR count). The molecule has 3 aromatic rings. The first-order valence-electron chi connectivity index (χ1n) is 12.1. The molecule has 2 unspecified atom stereocenters. The third-order valence-corrected chi connectivity index (χ3v) is 6.46. The van der Waals surface area contributed by atoms with Gasteiger partial charge >= 0.3 is 11.9 Å². The lowest BCUT2D eigenvalue weighted by molar-refractivity contribution is -0.164. The summed E-state index contributed by atoms with van der Waals surface area (Å²) in [6.45, 7) is 5.07. The van der Waals surface area contributed by atoms with E-state index in [2.05, 4.69) is 0 Å². The van der Waals surface area contributed by atoms with Crippen LogP contribution in [0.25, 0.3) is 0 Å². The van der Waals surface area contributed by atoms with Crippen LogP contribution in [0.5, 0.6) is 0 Å². The van der Waals surface area contributed by atoms with Crippen LogP contribution in [0.1, 0.15) is 50.3 Å². The van der Waals surface area contributed by atoms with Gasteiger partial charge in [-0.3, -0.25) is 14.4 Å². The summed E-state index contributed by atoms with van der Waals surface area (Å²) >= 11 is 0. The fraction of sp³-hybridized carbons (Fsp3) is 0.300. The van der Waals surface area contributed by atoms with Crippen molar-refractivity contribution in [1.29, 1.82) is 0 Å². The number of hydrogen-bond donors (Lipinski definition) is 3. The summed E-state index contributed by atoms with van der Waals surface area (Å²) in [4.78, 5) is 38.6. The van der Waals surface area contributed by atoms with Gasteiger partial charge in [0.2, 0.25) is 5.91 Å². The molecule has 1 amide bonds. The first-order chi connectivity index (χ1) is 17.4. The van der Waals surface area contributed by atoms with Gasteiger partial charge in [0.25, 0.3) is 0 Å². The number of amides is 1. The number of rotatable bonds is 10. The number of carbonyl (C=O) groups excluding carboxylic acids is 2. The minimum absolute atomic E-state index is 0.359. The van der Waals surface area contributed by atoms with Crippen molar-refractivity contribution in [3.8, 4) is 0 Å². The van der Waals surface area contributed by atoms with Crippen molar-refractivity contribution in [2.45, 2.75) is 50.2 Å². The second kappa shape index (κ2) is 11.0. The molecule has 0 saturated carbocycles. The standard InChI is InChI=1S/C30H34N2O5/c1-28(2,3)37-26(35)21(19-25(33)34)20-29(32,27(31)36)30(22-13-7-4-8-14-22,23-15-9-5-10-16-23)24-17-11-6-12-18-24/h4-18,21H,19-20,32H2,1-3H3,(H2,31,36)(H,33,34). The van der Waals surface area contributed by atoms with Crippen molar-refractivity contribution in [2.75, 3.05) is 0 Å². The summed E-state index contributed by atoms with van der Waals surface area (Å²) in [6, 6.07) is 27.7. The van der Waals surface area contributed by atoms with Crippen molar-refractivity contribution in [1.82, 2.24) is 0 Å². The van der Waals surface area contributed by atoms with Gasteiger partial charge in [0.15, 0.2) is 0 Å². The highest BCUT2D eigenvalue weighted by molar-refractivity contribution is 5.91. The molecule has 0 aliphatic heterocycles. The molecule has 0 heterocycles. The van der Waals surface area contributed by atoms with Crippen LogP contribution in [0.2, 0.25) is 0 Å². The number of carbonyl (C=O) groups is 3. The Morgan fingerprint density at radius 2 is 1.16 bits per heavy atom. The summed E-state index contributed by atoms with van der Waals surface area (Å²) in [5, 5.41) is 9.66. The molecule has 0 aliphatic rings. The van der Waals surface area contributed by atoms with Crippen molar-refractivity contribution < 1.29 is 24.2 Å². The highest BCUT2D eigenvalue weighted by Crippen LogP contribution is 2.49. The van der Waals surface area contributed by atoms with E-state index in [9.17, 15) is 19.5 Å². The van der Waals surface area contributed by atoms with Crippen LogP contribution in [0.3, 0.4) is 0 Å². The lowest BCUT2D eigenvalue weighted by Crippen LogP contribution is -2.67. The first kappa shape index (κ1) is 27.6. The molecule has 0 aliphatic carbocycles. The van der Waals surface area contributed by atoms with Crippen molar-refractivity contribution in [3.05, 3.63) is 108 Å². The lowest BCUT2D eigenvalue weighted by Gasteiger charge is -2.49. The Morgan fingerprint density at radius 3 is 1.46 bits per heavy atom. The van der Waals surface area contributed by atoms with Gasteiger partial charge in [-0.1, -0.05) is 91.0 Å². The molecule has 5 N–H and O–H groups in total. The van der Waals surface area contributed by atoms with Gasteiger partial charge in [0.1, 0.15) is 11.1 Å². The summed E-state index contributed by atoms with van der Waals surface area (Å²) in [5.41, 5.74) is 11.1. The lowest BCUT2D eigenvalue weighted by atomic mass is 9.55. The number of hydrogen-bond acceptors (Lipinski definition) is 5. The van der Waals surface area contributed by atoms with Gasteiger partial charge in [0, 0.05) is 0 Å². The molecular weight excluding hydrogens is 468 g/mol. The zero-order valence-electron chi connectivity index (χ0n) is 21.4. The monoisotopic (exact) mass is 502 g/mol. The molecule has 0 fully saturated rings. The van der Waals surface area contributed by atoms with Gasteiger partial charge in [-0.2, -0.15) is 0 Å². The maximum Gasteiger partial charge on any atom is 0.310 e. The van der Waals surface area contributed by atoms with E-state index in [4.69, 9.17) is 16.2 Å². The SMILES string of the molecule is CC(C)(C)OC(=O)C(CC(=O)O)CC(N)(C(N)=O)C(c1ccccc1)(c1ccccc1)c1ccccc1. The zero-order chi connectivity index (χ0) is 27.3. The molecule has 0 spiro atoms. The summed E-state index contributed by atoms with van der Waals surface area (Å²) in [5.74, 6) is -4.07. The highest BCUT2D eigenvalue weighted by atomic mass is 16.6. The average Bonchev–Trinajstić information content (AvgIpc) is 2.85. The van der Waals surface area contributed by atoms with E-state index in [1.165, 1.54) is 0 Å². The Hall–Kier alpha value is -3.97. The maximum atomic E-state index is 13.5. The number of primary amides is 1. The Labute approximate surface area is 217 Å². The van der Waals surface area contributed by atoms with Crippen LogP contribution in [0, 0.1) is 5.92 Å². The minimum Gasteiger partial charge on any atom is -0.481 e. The zero-order valence-corrected chi connectivity index (χ0v) is 21.4.